The number of ketones is 1. The van der Waals surface area contributed by atoms with Crippen molar-refractivity contribution in [1.29, 1.82) is 0 Å². The van der Waals surface area contributed by atoms with Gasteiger partial charge in [0.2, 0.25) is 0 Å². The summed E-state index contributed by atoms with van der Waals surface area (Å²) in [7, 11) is 0. The molecule has 1 aliphatic rings. The summed E-state index contributed by atoms with van der Waals surface area (Å²) >= 11 is 0. The van der Waals surface area contributed by atoms with E-state index in [9.17, 15) is 4.79 Å². The van der Waals surface area contributed by atoms with Gasteiger partial charge in [-0.15, -0.1) is 0 Å². The minimum absolute atomic E-state index is 0.0776. The zero-order valence-corrected chi connectivity index (χ0v) is 11.6. The predicted octanol–water partition coefficient (Wildman–Crippen LogP) is 2.21. The highest BCUT2D eigenvalue weighted by molar-refractivity contribution is 6.30. The third kappa shape index (κ3) is 2.88. The van der Waals surface area contributed by atoms with Gasteiger partial charge < -0.3 is 0 Å². The Hall–Kier alpha value is -2.56. The van der Waals surface area contributed by atoms with Gasteiger partial charge >= 0.3 is 0 Å². The Balaban J connectivity index is 2.42. The number of rotatable bonds is 4. The van der Waals surface area contributed by atoms with Crippen LogP contribution in [0.4, 0.5) is 0 Å². The maximum absolute atomic E-state index is 12.0. The molecule has 0 aromatic carbocycles. The number of nitrogens with zero attached hydrogens (tertiary/aromatic N) is 3. The number of carbonyl (C=O) groups is 1. The van der Waals surface area contributed by atoms with Gasteiger partial charge in [0.05, 0.1) is 11.3 Å². The van der Waals surface area contributed by atoms with Crippen molar-refractivity contribution in [3.63, 3.8) is 0 Å². The number of aromatic amines is 1. The zero-order chi connectivity index (χ0) is 14.5. The fourth-order valence-electron chi connectivity index (χ4n) is 1.86. The summed E-state index contributed by atoms with van der Waals surface area (Å²) in [4.78, 5) is 20.5. The minimum Gasteiger partial charge on any atom is -0.292 e. The van der Waals surface area contributed by atoms with Crippen LogP contribution in [0.3, 0.4) is 0 Å². The van der Waals surface area contributed by atoms with Gasteiger partial charge in [-0.3, -0.25) is 14.9 Å². The number of dihydropyridines is 1. The van der Waals surface area contributed by atoms with E-state index in [2.05, 4.69) is 26.8 Å². The first kappa shape index (κ1) is 13.9. The second kappa shape index (κ2) is 6.06. The first-order valence-corrected chi connectivity index (χ1v) is 6.30. The Bertz CT molecular complexity index is 659. The third-order valence-electron chi connectivity index (χ3n) is 2.75. The van der Waals surface area contributed by atoms with Gasteiger partial charge in [-0.25, -0.2) is 4.98 Å². The first-order valence-electron chi connectivity index (χ1n) is 6.30. The second-order valence-electron chi connectivity index (χ2n) is 4.28. The smallest absolute Gasteiger partial charge is 0.188 e. The largest absolute Gasteiger partial charge is 0.292 e. The van der Waals surface area contributed by atoms with Crippen molar-refractivity contribution in [1.82, 2.24) is 15.2 Å². The molecule has 102 valence electrons. The van der Waals surface area contributed by atoms with Crippen LogP contribution in [-0.2, 0) is 4.79 Å². The molecule has 0 amide bonds. The Morgan fingerprint density at radius 2 is 2.30 bits per heavy atom. The summed E-state index contributed by atoms with van der Waals surface area (Å²) < 4.78 is 0. The predicted molar refractivity (Wildman–Crippen MR) is 79.5 cm³/mol. The lowest BCUT2D eigenvalue weighted by atomic mass is 10.0. The molecule has 1 aromatic rings. The molecular weight excluding hydrogens is 252 g/mol. The molecule has 5 heteroatoms. The van der Waals surface area contributed by atoms with Crippen LogP contribution >= 0.6 is 0 Å². The lowest BCUT2D eigenvalue weighted by Crippen LogP contribution is -2.16. The van der Waals surface area contributed by atoms with Gasteiger partial charge in [0, 0.05) is 0 Å². The van der Waals surface area contributed by atoms with Gasteiger partial charge in [0.25, 0.3) is 0 Å². The average molecular weight is 268 g/mol. The van der Waals surface area contributed by atoms with Crippen LogP contribution in [-0.4, -0.2) is 33.2 Å². The molecule has 20 heavy (non-hydrogen) atoms. The Kier molecular flexibility index (Phi) is 4.20. The van der Waals surface area contributed by atoms with Crippen LogP contribution < -0.4 is 0 Å². The van der Waals surface area contributed by atoms with E-state index in [0.717, 1.165) is 11.3 Å². The van der Waals surface area contributed by atoms with Crippen molar-refractivity contribution in [2.24, 2.45) is 4.99 Å². The van der Waals surface area contributed by atoms with Crippen molar-refractivity contribution in [3.05, 3.63) is 54.2 Å². The van der Waals surface area contributed by atoms with E-state index in [1.165, 1.54) is 0 Å². The molecule has 0 radical (unpaired) electrons. The number of aryl methyl sites for hydroxylation is 1. The van der Waals surface area contributed by atoms with Crippen LogP contribution in [0.5, 0.6) is 0 Å². The lowest BCUT2D eigenvalue weighted by molar-refractivity contribution is -0.112. The molecular formula is C15H16N4O. The minimum atomic E-state index is -0.0776. The Morgan fingerprint density at radius 3 is 2.90 bits per heavy atom. The van der Waals surface area contributed by atoms with Gasteiger partial charge in [-0.1, -0.05) is 30.9 Å². The normalized spacial score (nSPS) is 16.3. The van der Waals surface area contributed by atoms with Gasteiger partial charge in [0.15, 0.2) is 11.6 Å². The van der Waals surface area contributed by atoms with Gasteiger partial charge in [-0.05, 0) is 25.5 Å². The molecule has 1 aliphatic heterocycles. The summed E-state index contributed by atoms with van der Waals surface area (Å²) in [6, 6.07) is 0. The molecule has 0 fully saturated rings. The Labute approximate surface area is 117 Å². The van der Waals surface area contributed by atoms with Gasteiger partial charge in [-0.2, -0.15) is 5.10 Å². The van der Waals surface area contributed by atoms with Gasteiger partial charge in [0.1, 0.15) is 12.4 Å². The number of carbonyl (C=O) groups excluding carboxylic acids is 1. The van der Waals surface area contributed by atoms with Crippen molar-refractivity contribution < 1.29 is 4.79 Å². The number of hydrogen-bond donors (Lipinski definition) is 1. The quantitative estimate of drug-likeness (QED) is 0.851. The van der Waals surface area contributed by atoms with Crippen LogP contribution in [0.25, 0.3) is 5.57 Å². The molecule has 0 bridgehead atoms. The van der Waals surface area contributed by atoms with Crippen molar-refractivity contribution in [2.75, 3.05) is 6.54 Å². The van der Waals surface area contributed by atoms with E-state index in [0.29, 0.717) is 17.2 Å². The van der Waals surface area contributed by atoms with Crippen LogP contribution in [0.15, 0.2) is 47.5 Å². The molecule has 5 nitrogen and oxygen atoms in total. The zero-order valence-electron chi connectivity index (χ0n) is 11.6. The molecule has 1 aromatic heterocycles. The van der Waals surface area contributed by atoms with Crippen LogP contribution in [0.1, 0.15) is 18.6 Å². The van der Waals surface area contributed by atoms with Crippen molar-refractivity contribution >= 4 is 17.1 Å². The highest BCUT2D eigenvalue weighted by Crippen LogP contribution is 2.18. The maximum Gasteiger partial charge on any atom is 0.188 e. The standard InChI is InChI=1S/C15H16N4O/c1-4-6-11(7-5-2)13-8-12(14(20)9-16-13)15-17-10(3)18-19-15/h4-8H,1,9H2,2-3H3,(H,17,18,19)/b7-5-,11-6+. The fourth-order valence-corrected chi connectivity index (χ4v) is 1.86. The highest BCUT2D eigenvalue weighted by Gasteiger charge is 2.21. The van der Waals surface area contributed by atoms with Crippen LogP contribution in [0, 0.1) is 6.92 Å². The van der Waals surface area contributed by atoms with E-state index in [1.807, 2.05) is 25.2 Å². The second-order valence-corrected chi connectivity index (χ2v) is 4.28. The number of hydrogen-bond acceptors (Lipinski definition) is 4. The van der Waals surface area contributed by atoms with Crippen molar-refractivity contribution in [3.8, 4) is 0 Å². The average Bonchev–Trinajstić information content (AvgIpc) is 2.86. The summed E-state index contributed by atoms with van der Waals surface area (Å²) in [6.45, 7) is 7.52. The summed E-state index contributed by atoms with van der Waals surface area (Å²) in [5.74, 6) is 1.01. The fraction of sp³-hybridized carbons (Fsp3) is 0.200. The van der Waals surface area contributed by atoms with E-state index in [1.54, 1.807) is 19.1 Å². The highest BCUT2D eigenvalue weighted by atomic mass is 16.1. The topological polar surface area (TPSA) is 71.0 Å². The van der Waals surface area contributed by atoms with Crippen molar-refractivity contribution in [2.45, 2.75) is 13.8 Å². The molecule has 0 spiro atoms. The molecule has 2 rings (SSSR count). The summed E-state index contributed by atoms with van der Waals surface area (Å²) in [6.07, 6.45) is 9.11. The monoisotopic (exact) mass is 268 g/mol. The van der Waals surface area contributed by atoms with E-state index in [-0.39, 0.29) is 12.3 Å². The molecule has 0 saturated heterocycles. The molecule has 0 aliphatic carbocycles. The van der Waals surface area contributed by atoms with E-state index < -0.39 is 0 Å². The molecule has 0 atom stereocenters. The van der Waals surface area contributed by atoms with E-state index in [4.69, 9.17) is 0 Å². The molecule has 2 heterocycles. The number of aliphatic imine (C=N–C) groups is 1. The number of nitrogens with one attached hydrogen (secondary N) is 1. The van der Waals surface area contributed by atoms with E-state index >= 15 is 0 Å². The van der Waals surface area contributed by atoms with Crippen LogP contribution in [0.2, 0.25) is 0 Å². The SMILES string of the molecule is C=C/C=C(\C=C/C)C1=NCC(=O)C(c2n[nH]c(C)n2)=C1. The first-order chi connectivity index (χ1) is 9.65. The lowest BCUT2D eigenvalue weighted by Gasteiger charge is -2.11. The number of H-pyrrole nitrogens is 1. The number of Topliss-reactive ketones (excluding diaryl/α,β-unsaturated/α-hetero) is 1. The molecule has 1 N–H and O–H groups in total. The summed E-state index contributed by atoms with van der Waals surface area (Å²) in [5.41, 5.74) is 2.12. The summed E-state index contributed by atoms with van der Waals surface area (Å²) in [5, 5.41) is 6.78. The Morgan fingerprint density at radius 1 is 1.50 bits per heavy atom. The number of allylic oxidation sites excluding steroid dienone is 6. The third-order valence-corrected chi connectivity index (χ3v) is 2.75. The maximum atomic E-state index is 12.0. The molecule has 0 unspecified atom stereocenters. The number of aromatic nitrogens is 3. The molecule has 0 saturated carbocycles.